The third kappa shape index (κ3) is 4.63. The van der Waals surface area contributed by atoms with Crippen LogP contribution in [0.4, 0.5) is 17.3 Å². The molecular weight excluding hydrogens is 493 g/mol. The van der Waals surface area contributed by atoms with Crippen LogP contribution in [0.1, 0.15) is 33.6 Å². The maximum absolute atomic E-state index is 13.1. The van der Waals surface area contributed by atoms with Gasteiger partial charge in [0.15, 0.2) is 5.78 Å². The Labute approximate surface area is 211 Å². The van der Waals surface area contributed by atoms with Crippen LogP contribution in [0.25, 0.3) is 0 Å². The molecule has 1 amide bonds. The van der Waals surface area contributed by atoms with E-state index in [-0.39, 0.29) is 17.6 Å². The highest BCUT2D eigenvalue weighted by Gasteiger charge is 2.30. The third-order valence-corrected chi connectivity index (χ3v) is 7.48. The molecule has 2 aromatic carbocycles. The zero-order valence-corrected chi connectivity index (χ0v) is 20.4. The van der Waals surface area contributed by atoms with Crippen molar-refractivity contribution in [2.24, 2.45) is 5.92 Å². The zero-order chi connectivity index (χ0) is 23.7. The highest BCUT2D eigenvalue weighted by Crippen LogP contribution is 2.39. The van der Waals surface area contributed by atoms with E-state index < -0.39 is 0 Å². The first-order chi connectivity index (χ1) is 16.5. The number of nitrogens with zero attached hydrogens (tertiary/aromatic N) is 3. The van der Waals surface area contributed by atoms with Gasteiger partial charge in [0.05, 0.1) is 27.2 Å². The number of piperidine rings is 1. The topological polar surface area (TPSA) is 87.2 Å². The van der Waals surface area contributed by atoms with Crippen molar-refractivity contribution in [3.05, 3.63) is 69.8 Å². The summed E-state index contributed by atoms with van der Waals surface area (Å²) in [4.78, 5) is 36.2. The molecule has 5 rings (SSSR count). The molecule has 0 aliphatic carbocycles. The molecule has 0 spiro atoms. The van der Waals surface area contributed by atoms with E-state index in [9.17, 15) is 9.59 Å². The van der Waals surface area contributed by atoms with Gasteiger partial charge in [-0.1, -0.05) is 41.0 Å². The standard InChI is InChI=1S/C24H21Cl2N5O2S/c25-18-2-1-3-19(26)20(18)31-13-34-22-17(23(31)33)12-28-24(30-22)29-16-6-4-14(5-7-16)21(32)15-8-10-27-11-9-15/h1-7,12,15,27H,8-11,13H2,(H,28,29,30). The molecule has 0 radical (unpaired) electrons. The summed E-state index contributed by atoms with van der Waals surface area (Å²) in [5.41, 5.74) is 2.35. The van der Waals surface area contributed by atoms with Gasteiger partial charge in [-0.05, 0) is 62.3 Å². The number of anilines is 3. The molecule has 1 fully saturated rings. The number of amides is 1. The molecule has 2 N–H and O–H groups in total. The summed E-state index contributed by atoms with van der Waals surface area (Å²) in [6.45, 7) is 1.77. The van der Waals surface area contributed by atoms with Gasteiger partial charge >= 0.3 is 0 Å². The van der Waals surface area contributed by atoms with Crippen molar-refractivity contribution in [2.45, 2.75) is 17.9 Å². The molecular formula is C24H21Cl2N5O2S. The first kappa shape index (κ1) is 23.1. The molecule has 0 saturated carbocycles. The second kappa shape index (κ2) is 9.92. The van der Waals surface area contributed by atoms with Crippen molar-refractivity contribution in [3.63, 3.8) is 0 Å². The molecule has 34 heavy (non-hydrogen) atoms. The van der Waals surface area contributed by atoms with Crippen LogP contribution in [0.2, 0.25) is 10.0 Å². The number of carbonyl (C=O) groups excluding carboxylic acids is 2. The maximum Gasteiger partial charge on any atom is 0.263 e. The second-order valence-electron chi connectivity index (χ2n) is 8.08. The van der Waals surface area contributed by atoms with Gasteiger partial charge in [-0.25, -0.2) is 9.97 Å². The van der Waals surface area contributed by atoms with E-state index in [0.29, 0.717) is 43.7 Å². The van der Waals surface area contributed by atoms with Crippen LogP contribution < -0.4 is 15.5 Å². The summed E-state index contributed by atoms with van der Waals surface area (Å²) in [5, 5.41) is 7.84. The van der Waals surface area contributed by atoms with Crippen LogP contribution in [-0.2, 0) is 0 Å². The van der Waals surface area contributed by atoms with Gasteiger partial charge < -0.3 is 10.6 Å². The average molecular weight is 514 g/mol. The Morgan fingerprint density at radius 2 is 1.79 bits per heavy atom. The smallest absolute Gasteiger partial charge is 0.263 e. The van der Waals surface area contributed by atoms with Gasteiger partial charge in [-0.2, -0.15) is 0 Å². The van der Waals surface area contributed by atoms with E-state index in [1.807, 2.05) is 24.3 Å². The van der Waals surface area contributed by atoms with E-state index in [1.54, 1.807) is 18.2 Å². The summed E-state index contributed by atoms with van der Waals surface area (Å²) in [6, 6.07) is 12.5. The van der Waals surface area contributed by atoms with Crippen molar-refractivity contribution in [1.29, 1.82) is 0 Å². The van der Waals surface area contributed by atoms with E-state index in [2.05, 4.69) is 20.6 Å². The lowest BCUT2D eigenvalue weighted by Crippen LogP contribution is -2.35. The number of halogens is 2. The van der Waals surface area contributed by atoms with Crippen molar-refractivity contribution in [1.82, 2.24) is 15.3 Å². The normalized spacial score (nSPS) is 16.3. The third-order valence-electron chi connectivity index (χ3n) is 5.90. The molecule has 0 unspecified atom stereocenters. The molecule has 1 saturated heterocycles. The fourth-order valence-corrected chi connectivity index (χ4v) is 5.64. The monoisotopic (exact) mass is 513 g/mol. The number of fused-ring (bicyclic) bond motifs is 1. The molecule has 2 aliphatic rings. The number of benzene rings is 2. The lowest BCUT2D eigenvalue weighted by atomic mass is 9.89. The number of para-hydroxylation sites is 1. The fourth-order valence-electron chi connectivity index (χ4n) is 4.09. The van der Waals surface area contributed by atoms with E-state index in [0.717, 1.165) is 31.6 Å². The Morgan fingerprint density at radius 3 is 2.50 bits per heavy atom. The number of ketones is 1. The predicted molar refractivity (Wildman–Crippen MR) is 136 cm³/mol. The van der Waals surface area contributed by atoms with Gasteiger partial charge in [0.1, 0.15) is 5.03 Å². The van der Waals surface area contributed by atoms with Crippen LogP contribution in [0, 0.1) is 5.92 Å². The van der Waals surface area contributed by atoms with E-state index >= 15 is 0 Å². The number of carbonyl (C=O) groups is 2. The van der Waals surface area contributed by atoms with Crippen molar-refractivity contribution >= 4 is 64.0 Å². The number of Topliss-reactive ketones (excluding diaryl/α,β-unsaturated/α-hetero) is 1. The minimum atomic E-state index is -0.254. The fraction of sp³-hybridized carbons (Fsp3) is 0.250. The number of nitrogens with one attached hydrogen (secondary N) is 2. The Kier molecular flexibility index (Phi) is 6.74. The molecule has 3 heterocycles. The molecule has 0 bridgehead atoms. The van der Waals surface area contributed by atoms with Crippen LogP contribution in [0.3, 0.4) is 0 Å². The lowest BCUT2D eigenvalue weighted by molar-refractivity contribution is 0.0894. The number of thioether (sulfide) groups is 1. The van der Waals surface area contributed by atoms with Crippen LogP contribution >= 0.6 is 35.0 Å². The van der Waals surface area contributed by atoms with Gasteiger partial charge in [0.2, 0.25) is 5.95 Å². The second-order valence-corrected chi connectivity index (χ2v) is 9.83. The predicted octanol–water partition coefficient (Wildman–Crippen LogP) is 5.42. The summed E-state index contributed by atoms with van der Waals surface area (Å²) >= 11 is 14.0. The Balaban J connectivity index is 1.30. The summed E-state index contributed by atoms with van der Waals surface area (Å²) in [5.74, 6) is 0.728. The first-order valence-corrected chi connectivity index (χ1v) is 12.6. The molecule has 10 heteroatoms. The maximum atomic E-state index is 13.1. The van der Waals surface area contributed by atoms with E-state index in [4.69, 9.17) is 23.2 Å². The highest BCUT2D eigenvalue weighted by atomic mass is 35.5. The molecule has 7 nitrogen and oxygen atoms in total. The van der Waals surface area contributed by atoms with E-state index in [1.165, 1.54) is 22.9 Å². The van der Waals surface area contributed by atoms with Crippen molar-refractivity contribution in [3.8, 4) is 0 Å². The minimum Gasteiger partial charge on any atom is -0.324 e. The SMILES string of the molecule is O=C(c1ccc(Nc2ncc3c(n2)SCN(c2c(Cl)cccc2Cl)C3=O)cc1)C1CCNCC1. The molecule has 2 aliphatic heterocycles. The van der Waals surface area contributed by atoms with Crippen LogP contribution in [0.15, 0.2) is 53.7 Å². The van der Waals surface area contributed by atoms with Gasteiger partial charge in [-0.3, -0.25) is 14.5 Å². The molecule has 0 atom stereocenters. The zero-order valence-electron chi connectivity index (χ0n) is 18.1. The van der Waals surface area contributed by atoms with Crippen molar-refractivity contribution < 1.29 is 9.59 Å². The average Bonchev–Trinajstić information content (AvgIpc) is 2.86. The lowest BCUT2D eigenvalue weighted by Gasteiger charge is -2.28. The molecule has 1 aromatic heterocycles. The van der Waals surface area contributed by atoms with Crippen molar-refractivity contribution in [2.75, 3.05) is 29.2 Å². The summed E-state index contributed by atoms with van der Waals surface area (Å²) < 4.78 is 0. The summed E-state index contributed by atoms with van der Waals surface area (Å²) in [7, 11) is 0. The Bertz CT molecular complexity index is 1230. The first-order valence-electron chi connectivity index (χ1n) is 10.9. The summed E-state index contributed by atoms with van der Waals surface area (Å²) in [6.07, 6.45) is 3.25. The number of hydrogen-bond acceptors (Lipinski definition) is 7. The van der Waals surface area contributed by atoms with Crippen LogP contribution in [0.5, 0.6) is 0 Å². The quantitative estimate of drug-likeness (QED) is 0.347. The minimum absolute atomic E-state index is 0.0822. The Hall–Kier alpha value is -2.65. The Morgan fingerprint density at radius 1 is 1.09 bits per heavy atom. The van der Waals surface area contributed by atoms with Gasteiger partial charge in [0, 0.05) is 23.4 Å². The number of rotatable bonds is 5. The molecule has 174 valence electrons. The van der Waals surface area contributed by atoms with Crippen LogP contribution in [-0.4, -0.2) is 40.6 Å². The highest BCUT2D eigenvalue weighted by molar-refractivity contribution is 7.99. The largest absolute Gasteiger partial charge is 0.324 e. The molecule has 3 aromatic rings. The van der Waals surface area contributed by atoms with Gasteiger partial charge in [0.25, 0.3) is 5.91 Å². The number of aromatic nitrogens is 2. The number of hydrogen-bond donors (Lipinski definition) is 2. The van der Waals surface area contributed by atoms with Gasteiger partial charge in [-0.15, -0.1) is 0 Å².